The van der Waals surface area contributed by atoms with E-state index in [1.54, 1.807) is 0 Å². The predicted molar refractivity (Wildman–Crippen MR) is 121 cm³/mol. The lowest BCUT2D eigenvalue weighted by atomic mass is 9.97. The molecule has 1 aliphatic heterocycles. The maximum absolute atomic E-state index is 12.7. The second kappa shape index (κ2) is 9.62. The minimum atomic E-state index is -3.37. The van der Waals surface area contributed by atoms with Crippen molar-refractivity contribution in [2.24, 2.45) is 5.92 Å². The highest BCUT2D eigenvalue weighted by Gasteiger charge is 2.31. The van der Waals surface area contributed by atoms with Gasteiger partial charge in [0.05, 0.1) is 5.75 Å². The largest absolute Gasteiger partial charge is 0.378 e. The molecule has 162 valence electrons. The normalized spacial score (nSPS) is 15.7. The number of rotatable bonds is 7. The van der Waals surface area contributed by atoms with Crippen molar-refractivity contribution in [3.63, 3.8) is 0 Å². The molecule has 0 bridgehead atoms. The van der Waals surface area contributed by atoms with E-state index in [0.717, 1.165) is 22.4 Å². The lowest BCUT2D eigenvalue weighted by molar-refractivity contribution is -0.126. The number of hydrogen-bond donors (Lipinski definition) is 1. The third-order valence-corrected chi connectivity index (χ3v) is 7.46. The molecular formula is C23H31N3O3S. The van der Waals surface area contributed by atoms with Crippen LogP contribution >= 0.6 is 0 Å². The molecule has 1 fully saturated rings. The average Bonchev–Trinajstić information content (AvgIpc) is 2.74. The van der Waals surface area contributed by atoms with Crippen LogP contribution in [0.5, 0.6) is 0 Å². The van der Waals surface area contributed by atoms with Gasteiger partial charge in [0.15, 0.2) is 0 Å². The molecule has 6 nitrogen and oxygen atoms in total. The molecule has 2 aromatic rings. The topological polar surface area (TPSA) is 69.7 Å². The summed E-state index contributed by atoms with van der Waals surface area (Å²) in [5.74, 6) is -0.133. The van der Waals surface area contributed by atoms with E-state index >= 15 is 0 Å². The zero-order valence-electron chi connectivity index (χ0n) is 18.0. The third-order valence-electron chi connectivity index (χ3n) is 5.61. The Morgan fingerprint density at radius 3 is 2.13 bits per heavy atom. The summed E-state index contributed by atoms with van der Waals surface area (Å²) in [5, 5.41) is 3.00. The Balaban J connectivity index is 1.48. The van der Waals surface area contributed by atoms with Crippen molar-refractivity contribution in [2.45, 2.75) is 32.1 Å². The summed E-state index contributed by atoms with van der Waals surface area (Å²) in [7, 11) is 0.613. The fourth-order valence-corrected chi connectivity index (χ4v) is 5.19. The van der Waals surface area contributed by atoms with Crippen LogP contribution < -0.4 is 10.2 Å². The molecule has 1 saturated heterocycles. The number of amides is 1. The molecule has 0 saturated carbocycles. The lowest BCUT2D eigenvalue weighted by Gasteiger charge is -2.30. The van der Waals surface area contributed by atoms with E-state index in [0.29, 0.717) is 32.5 Å². The first-order valence-electron chi connectivity index (χ1n) is 10.3. The Labute approximate surface area is 179 Å². The SMILES string of the molecule is Cc1ccc(CS(=O)(=O)N2CCC(C(=O)NCc3ccc(N(C)C)cc3)CC2)cc1. The van der Waals surface area contributed by atoms with Gasteiger partial charge in [-0.1, -0.05) is 42.0 Å². The van der Waals surface area contributed by atoms with Crippen molar-refractivity contribution in [1.82, 2.24) is 9.62 Å². The number of carbonyl (C=O) groups excluding carboxylic acids is 1. The molecule has 0 atom stereocenters. The van der Waals surface area contributed by atoms with E-state index < -0.39 is 10.0 Å². The molecule has 7 heteroatoms. The van der Waals surface area contributed by atoms with Gasteiger partial charge in [-0.25, -0.2) is 12.7 Å². The van der Waals surface area contributed by atoms with Crippen LogP contribution in [0, 0.1) is 12.8 Å². The van der Waals surface area contributed by atoms with Crippen molar-refractivity contribution >= 4 is 21.6 Å². The van der Waals surface area contributed by atoms with Crippen LogP contribution in [0.4, 0.5) is 5.69 Å². The second-order valence-corrected chi connectivity index (χ2v) is 10.2. The van der Waals surface area contributed by atoms with Gasteiger partial charge >= 0.3 is 0 Å². The first-order valence-corrected chi connectivity index (χ1v) is 11.9. The van der Waals surface area contributed by atoms with Crippen LogP contribution in [-0.2, 0) is 27.1 Å². The Hall–Kier alpha value is -2.38. The van der Waals surface area contributed by atoms with E-state index in [4.69, 9.17) is 0 Å². The maximum atomic E-state index is 12.7. The van der Waals surface area contributed by atoms with Crippen molar-refractivity contribution in [2.75, 3.05) is 32.1 Å². The predicted octanol–water partition coefficient (Wildman–Crippen LogP) is 2.92. The number of hydrogen-bond acceptors (Lipinski definition) is 4. The number of anilines is 1. The van der Waals surface area contributed by atoms with Gasteiger partial charge in [0.25, 0.3) is 0 Å². The molecule has 0 aromatic heterocycles. The van der Waals surface area contributed by atoms with E-state index in [-0.39, 0.29) is 17.6 Å². The number of benzene rings is 2. The molecule has 30 heavy (non-hydrogen) atoms. The first kappa shape index (κ1) is 22.3. The van der Waals surface area contributed by atoms with Crippen LogP contribution in [0.3, 0.4) is 0 Å². The van der Waals surface area contributed by atoms with Gasteiger partial charge < -0.3 is 10.2 Å². The van der Waals surface area contributed by atoms with Gasteiger partial charge in [0.2, 0.25) is 15.9 Å². The molecule has 2 aromatic carbocycles. The minimum absolute atomic E-state index is 0.00210. The van der Waals surface area contributed by atoms with Crippen LogP contribution in [0.2, 0.25) is 0 Å². The highest BCUT2D eigenvalue weighted by atomic mass is 32.2. The van der Waals surface area contributed by atoms with Crippen LogP contribution in [-0.4, -0.2) is 45.8 Å². The quantitative estimate of drug-likeness (QED) is 0.735. The standard InChI is InChI=1S/C23H31N3O3S/c1-18-4-6-20(7-5-18)17-30(28,29)26-14-12-21(13-15-26)23(27)24-16-19-8-10-22(11-9-19)25(2)3/h4-11,21H,12-17H2,1-3H3,(H,24,27). The Kier molecular flexibility index (Phi) is 7.15. The fourth-order valence-electron chi connectivity index (χ4n) is 3.63. The molecule has 0 unspecified atom stereocenters. The summed E-state index contributed by atoms with van der Waals surface area (Å²) in [6.07, 6.45) is 1.11. The molecule has 3 rings (SSSR count). The van der Waals surface area contributed by atoms with E-state index in [2.05, 4.69) is 5.32 Å². The van der Waals surface area contributed by atoms with E-state index in [1.165, 1.54) is 4.31 Å². The molecule has 1 heterocycles. The van der Waals surface area contributed by atoms with Gasteiger partial charge in [-0.05, 0) is 43.0 Å². The number of aryl methyl sites for hydroxylation is 1. The Bertz CT molecular complexity index is 946. The number of carbonyl (C=O) groups is 1. The summed E-state index contributed by atoms with van der Waals surface area (Å²) < 4.78 is 27.0. The highest BCUT2D eigenvalue weighted by Crippen LogP contribution is 2.22. The summed E-state index contributed by atoms with van der Waals surface area (Å²) in [6, 6.07) is 15.6. The van der Waals surface area contributed by atoms with Crippen molar-refractivity contribution < 1.29 is 13.2 Å². The smallest absolute Gasteiger partial charge is 0.223 e. The summed E-state index contributed by atoms with van der Waals surface area (Å²) in [5.41, 5.74) is 4.06. The number of nitrogens with zero attached hydrogens (tertiary/aromatic N) is 2. The van der Waals surface area contributed by atoms with Crippen LogP contribution in [0.25, 0.3) is 0 Å². The van der Waals surface area contributed by atoms with Gasteiger partial charge in [-0.15, -0.1) is 0 Å². The summed E-state index contributed by atoms with van der Waals surface area (Å²) >= 11 is 0. The Morgan fingerprint density at radius 1 is 1.00 bits per heavy atom. The van der Waals surface area contributed by atoms with Gasteiger partial charge in [-0.2, -0.15) is 0 Å². The highest BCUT2D eigenvalue weighted by molar-refractivity contribution is 7.88. The minimum Gasteiger partial charge on any atom is -0.378 e. The first-order chi connectivity index (χ1) is 14.2. The molecule has 0 aliphatic carbocycles. The van der Waals surface area contributed by atoms with Crippen LogP contribution in [0.15, 0.2) is 48.5 Å². The number of nitrogens with one attached hydrogen (secondary N) is 1. The fraction of sp³-hybridized carbons (Fsp3) is 0.435. The molecular weight excluding hydrogens is 398 g/mol. The van der Waals surface area contributed by atoms with Crippen LogP contribution in [0.1, 0.15) is 29.5 Å². The monoisotopic (exact) mass is 429 g/mol. The summed E-state index contributed by atoms with van der Waals surface area (Å²) in [4.78, 5) is 14.6. The van der Waals surface area contributed by atoms with Gasteiger partial charge in [0.1, 0.15) is 0 Å². The molecule has 0 spiro atoms. The van der Waals surface area contributed by atoms with E-state index in [1.807, 2.05) is 74.4 Å². The maximum Gasteiger partial charge on any atom is 0.223 e. The molecule has 0 radical (unpaired) electrons. The second-order valence-electron chi connectivity index (χ2n) is 8.19. The zero-order valence-corrected chi connectivity index (χ0v) is 18.8. The summed E-state index contributed by atoms with van der Waals surface area (Å²) in [6.45, 7) is 3.25. The van der Waals surface area contributed by atoms with Crippen molar-refractivity contribution in [3.8, 4) is 0 Å². The van der Waals surface area contributed by atoms with E-state index in [9.17, 15) is 13.2 Å². The Morgan fingerprint density at radius 2 is 1.57 bits per heavy atom. The third kappa shape index (κ3) is 5.83. The lowest BCUT2D eigenvalue weighted by Crippen LogP contribution is -2.43. The molecule has 1 aliphatic rings. The average molecular weight is 430 g/mol. The molecule has 1 N–H and O–H groups in total. The van der Waals surface area contributed by atoms with Crippen molar-refractivity contribution in [1.29, 1.82) is 0 Å². The molecule has 1 amide bonds. The van der Waals surface area contributed by atoms with Gasteiger partial charge in [-0.3, -0.25) is 4.79 Å². The number of sulfonamides is 1. The zero-order chi connectivity index (χ0) is 21.7. The van der Waals surface area contributed by atoms with Crippen molar-refractivity contribution in [3.05, 3.63) is 65.2 Å². The number of piperidine rings is 1. The van der Waals surface area contributed by atoms with Gasteiger partial charge in [0, 0.05) is 45.3 Å².